The van der Waals surface area contributed by atoms with Crippen molar-refractivity contribution in [2.75, 3.05) is 19.5 Å². The molecule has 3 aromatic rings. The monoisotopic (exact) mass is 391 g/mol. The Bertz CT molecular complexity index is 957. The summed E-state index contributed by atoms with van der Waals surface area (Å²) in [6.45, 7) is 2.57. The van der Waals surface area contributed by atoms with Crippen molar-refractivity contribution in [3.05, 3.63) is 78.4 Å². The van der Waals surface area contributed by atoms with Crippen LogP contribution in [0.4, 0.5) is 5.69 Å². The maximum atomic E-state index is 12.8. The Morgan fingerprint density at radius 1 is 0.931 bits per heavy atom. The molecular weight excluding hydrogens is 364 g/mol. The zero-order valence-corrected chi connectivity index (χ0v) is 17.0. The van der Waals surface area contributed by atoms with Gasteiger partial charge in [-0.2, -0.15) is 0 Å². The molecule has 1 atom stereocenters. The molecule has 0 heterocycles. The lowest BCUT2D eigenvalue weighted by Crippen LogP contribution is -2.90. The fourth-order valence-electron chi connectivity index (χ4n) is 3.14. The molecule has 0 fully saturated rings. The van der Waals surface area contributed by atoms with Crippen molar-refractivity contribution in [2.24, 2.45) is 0 Å². The number of nitrogens with one attached hydrogen (secondary N) is 1. The number of benzene rings is 3. The summed E-state index contributed by atoms with van der Waals surface area (Å²) < 4.78 is 10.6. The van der Waals surface area contributed by atoms with Crippen LogP contribution in [0, 0.1) is 0 Å². The first-order valence-electron chi connectivity index (χ1n) is 9.62. The van der Waals surface area contributed by atoms with E-state index in [0.29, 0.717) is 18.0 Å². The molecule has 150 valence electrons. The van der Waals surface area contributed by atoms with Gasteiger partial charge in [-0.3, -0.25) is 4.79 Å². The van der Waals surface area contributed by atoms with Gasteiger partial charge in [-0.05, 0) is 36.8 Å². The number of hydrogen-bond donors (Lipinski definition) is 2. The number of amides is 1. The lowest BCUT2D eigenvalue weighted by molar-refractivity contribution is -0.688. The number of para-hydroxylation sites is 1. The first-order chi connectivity index (χ1) is 14.1. The maximum Gasteiger partial charge on any atom is 0.282 e. The molecule has 0 aromatic heterocycles. The molecule has 3 aromatic carbocycles. The van der Waals surface area contributed by atoms with Gasteiger partial charge in [0.15, 0.2) is 17.5 Å². The summed E-state index contributed by atoms with van der Waals surface area (Å²) in [4.78, 5) is 12.8. The summed E-state index contributed by atoms with van der Waals surface area (Å²) in [6, 6.07) is 23.5. The molecule has 0 unspecified atom stereocenters. The summed E-state index contributed by atoms with van der Waals surface area (Å²) in [5.41, 5.74) is 3.96. The van der Waals surface area contributed by atoms with Crippen LogP contribution in [-0.4, -0.2) is 26.2 Å². The standard InChI is InChI=1S/C24H26N2O3/c1-17(25-16-18-13-14-22(28-2)23(15-18)29-3)24(27)26-21-12-8-7-11-20(21)19-9-5-4-6-10-19/h4-15,17,25H,16H2,1-3H3,(H,26,27)/p+1/t17-/m1/s1. The van der Waals surface area contributed by atoms with Gasteiger partial charge in [-0.1, -0.05) is 48.5 Å². The van der Waals surface area contributed by atoms with Crippen molar-refractivity contribution >= 4 is 11.6 Å². The van der Waals surface area contributed by atoms with Crippen LogP contribution in [0.2, 0.25) is 0 Å². The number of carbonyl (C=O) groups is 1. The van der Waals surface area contributed by atoms with Gasteiger partial charge < -0.3 is 20.1 Å². The van der Waals surface area contributed by atoms with Crippen LogP contribution < -0.4 is 20.1 Å². The predicted molar refractivity (Wildman–Crippen MR) is 115 cm³/mol. The third-order valence-corrected chi connectivity index (χ3v) is 4.84. The fraction of sp³-hybridized carbons (Fsp3) is 0.208. The van der Waals surface area contributed by atoms with Gasteiger partial charge in [-0.15, -0.1) is 0 Å². The van der Waals surface area contributed by atoms with Crippen molar-refractivity contribution < 1.29 is 19.6 Å². The van der Waals surface area contributed by atoms with Crippen molar-refractivity contribution in [2.45, 2.75) is 19.5 Å². The topological polar surface area (TPSA) is 64.2 Å². The van der Waals surface area contributed by atoms with Crippen LogP contribution in [0.25, 0.3) is 11.1 Å². The van der Waals surface area contributed by atoms with Gasteiger partial charge in [0.2, 0.25) is 0 Å². The third-order valence-electron chi connectivity index (χ3n) is 4.84. The maximum absolute atomic E-state index is 12.8. The fourth-order valence-corrected chi connectivity index (χ4v) is 3.14. The van der Waals surface area contributed by atoms with Gasteiger partial charge in [0, 0.05) is 16.8 Å². The molecule has 0 spiro atoms. The highest BCUT2D eigenvalue weighted by Crippen LogP contribution is 2.28. The summed E-state index contributed by atoms with van der Waals surface area (Å²) in [5, 5.41) is 5.07. The minimum Gasteiger partial charge on any atom is -0.493 e. The molecule has 29 heavy (non-hydrogen) atoms. The number of nitrogens with two attached hydrogens (primary N) is 1. The largest absolute Gasteiger partial charge is 0.493 e. The Balaban J connectivity index is 1.65. The molecular formula is C24H27N2O3+. The first kappa shape index (κ1) is 20.4. The molecule has 5 nitrogen and oxygen atoms in total. The van der Waals surface area contributed by atoms with Crippen LogP contribution >= 0.6 is 0 Å². The number of hydrogen-bond acceptors (Lipinski definition) is 3. The normalized spacial score (nSPS) is 11.6. The van der Waals surface area contributed by atoms with E-state index >= 15 is 0 Å². The number of quaternary nitrogens is 1. The molecule has 0 bridgehead atoms. The Morgan fingerprint density at radius 2 is 1.62 bits per heavy atom. The quantitative estimate of drug-likeness (QED) is 0.618. The third kappa shape index (κ3) is 5.15. The second kappa shape index (κ2) is 9.75. The van der Waals surface area contributed by atoms with E-state index in [1.807, 2.05) is 85.0 Å². The lowest BCUT2D eigenvalue weighted by Gasteiger charge is -2.15. The van der Waals surface area contributed by atoms with E-state index in [4.69, 9.17) is 9.47 Å². The number of anilines is 1. The average Bonchev–Trinajstić information content (AvgIpc) is 2.78. The molecule has 1 amide bonds. The number of rotatable bonds is 8. The Labute approximate surface area is 171 Å². The highest BCUT2D eigenvalue weighted by atomic mass is 16.5. The van der Waals surface area contributed by atoms with Crippen LogP contribution in [0.1, 0.15) is 12.5 Å². The molecule has 3 rings (SSSR count). The van der Waals surface area contributed by atoms with E-state index in [0.717, 1.165) is 22.4 Å². The number of carbonyl (C=O) groups excluding carboxylic acids is 1. The van der Waals surface area contributed by atoms with Gasteiger partial charge in [0.1, 0.15) is 6.54 Å². The molecule has 0 radical (unpaired) electrons. The second-order valence-electron chi connectivity index (χ2n) is 6.82. The van der Waals surface area contributed by atoms with Gasteiger partial charge in [0.05, 0.1) is 14.2 Å². The van der Waals surface area contributed by atoms with Crippen molar-refractivity contribution in [3.8, 4) is 22.6 Å². The van der Waals surface area contributed by atoms with Crippen molar-refractivity contribution in [1.29, 1.82) is 0 Å². The number of ether oxygens (including phenoxy) is 2. The van der Waals surface area contributed by atoms with Gasteiger partial charge in [0.25, 0.3) is 5.91 Å². The van der Waals surface area contributed by atoms with E-state index < -0.39 is 0 Å². The molecule has 0 aliphatic heterocycles. The SMILES string of the molecule is COc1ccc(C[NH2+][C@H](C)C(=O)Nc2ccccc2-c2ccccc2)cc1OC. The van der Waals surface area contributed by atoms with Crippen LogP contribution in [-0.2, 0) is 11.3 Å². The minimum absolute atomic E-state index is 0.0335. The Hall–Kier alpha value is -3.31. The molecule has 0 saturated carbocycles. The van der Waals surface area contributed by atoms with E-state index in [1.54, 1.807) is 14.2 Å². The van der Waals surface area contributed by atoms with Gasteiger partial charge >= 0.3 is 0 Å². The zero-order valence-electron chi connectivity index (χ0n) is 17.0. The van der Waals surface area contributed by atoms with E-state index in [-0.39, 0.29) is 11.9 Å². The summed E-state index contributed by atoms with van der Waals surface area (Å²) in [6.07, 6.45) is 0. The Kier molecular flexibility index (Phi) is 6.87. The minimum atomic E-state index is -0.244. The average molecular weight is 391 g/mol. The highest BCUT2D eigenvalue weighted by Gasteiger charge is 2.18. The van der Waals surface area contributed by atoms with E-state index in [1.165, 1.54) is 0 Å². The molecule has 3 N–H and O–H groups in total. The van der Waals surface area contributed by atoms with Crippen molar-refractivity contribution in [3.63, 3.8) is 0 Å². The van der Waals surface area contributed by atoms with E-state index in [9.17, 15) is 4.79 Å². The molecule has 0 saturated heterocycles. The van der Waals surface area contributed by atoms with Crippen LogP contribution in [0.3, 0.4) is 0 Å². The van der Waals surface area contributed by atoms with E-state index in [2.05, 4.69) is 5.32 Å². The molecule has 0 aliphatic carbocycles. The van der Waals surface area contributed by atoms with Crippen LogP contribution in [0.5, 0.6) is 11.5 Å². The summed E-state index contributed by atoms with van der Waals surface area (Å²) in [5.74, 6) is 1.35. The predicted octanol–water partition coefficient (Wildman–Crippen LogP) is 3.46. The first-order valence-corrected chi connectivity index (χ1v) is 9.62. The lowest BCUT2D eigenvalue weighted by atomic mass is 10.0. The molecule has 5 heteroatoms. The number of methoxy groups -OCH3 is 2. The highest BCUT2D eigenvalue weighted by molar-refractivity contribution is 5.97. The Morgan fingerprint density at radius 3 is 2.34 bits per heavy atom. The van der Waals surface area contributed by atoms with Crippen molar-refractivity contribution in [1.82, 2.24) is 0 Å². The van der Waals surface area contributed by atoms with Crippen LogP contribution in [0.15, 0.2) is 72.8 Å². The second-order valence-corrected chi connectivity index (χ2v) is 6.82. The summed E-state index contributed by atoms with van der Waals surface area (Å²) in [7, 11) is 3.23. The summed E-state index contributed by atoms with van der Waals surface area (Å²) >= 11 is 0. The van der Waals surface area contributed by atoms with Gasteiger partial charge in [-0.25, -0.2) is 0 Å². The zero-order chi connectivity index (χ0) is 20.6. The smallest absolute Gasteiger partial charge is 0.282 e. The molecule has 0 aliphatic rings.